The fraction of sp³-hybridized carbons (Fsp3) is 0.176. The number of rotatable bonds is 5. The first-order chi connectivity index (χ1) is 11.5. The molecule has 0 aromatic heterocycles. The lowest BCUT2D eigenvalue weighted by Gasteiger charge is -2.12. The zero-order valence-corrected chi connectivity index (χ0v) is 13.7. The van der Waals surface area contributed by atoms with E-state index in [2.05, 4.69) is 10.6 Å². The summed E-state index contributed by atoms with van der Waals surface area (Å²) in [6.45, 7) is 1.87. The Bertz CT molecular complexity index is 726. The van der Waals surface area contributed by atoms with Gasteiger partial charge in [-0.3, -0.25) is 10.1 Å². The number of benzene rings is 2. The summed E-state index contributed by atoms with van der Waals surface area (Å²) in [5.41, 5.74) is 0.907. The molecule has 126 valence electrons. The number of imide groups is 1. The van der Waals surface area contributed by atoms with Gasteiger partial charge in [0.2, 0.25) is 5.91 Å². The molecular weight excluding hydrogens is 334 g/mol. The van der Waals surface area contributed by atoms with Crippen molar-refractivity contribution in [3.63, 3.8) is 0 Å². The van der Waals surface area contributed by atoms with Gasteiger partial charge in [-0.2, -0.15) is 0 Å². The normalized spacial score (nSPS) is 11.6. The third kappa shape index (κ3) is 5.34. The summed E-state index contributed by atoms with van der Waals surface area (Å²) < 4.78 is 26.0. The highest BCUT2D eigenvalue weighted by Gasteiger charge is 2.17. The van der Waals surface area contributed by atoms with E-state index in [-0.39, 0.29) is 0 Å². The van der Waals surface area contributed by atoms with Crippen molar-refractivity contribution in [1.29, 1.82) is 0 Å². The zero-order valence-electron chi connectivity index (χ0n) is 12.9. The van der Waals surface area contributed by atoms with Crippen molar-refractivity contribution in [2.75, 3.05) is 0 Å². The summed E-state index contributed by atoms with van der Waals surface area (Å²) in [6.07, 6.45) is 0. The van der Waals surface area contributed by atoms with E-state index in [1.807, 2.05) is 30.3 Å². The fourth-order valence-corrected chi connectivity index (χ4v) is 2.74. The van der Waals surface area contributed by atoms with Crippen molar-refractivity contribution >= 4 is 23.7 Å². The maximum absolute atomic E-state index is 13.1. The van der Waals surface area contributed by atoms with Crippen molar-refractivity contribution in [2.24, 2.45) is 0 Å². The van der Waals surface area contributed by atoms with Crippen LogP contribution in [-0.4, -0.2) is 17.2 Å². The molecule has 2 N–H and O–H groups in total. The van der Waals surface area contributed by atoms with Gasteiger partial charge in [0.05, 0.1) is 5.25 Å². The number of urea groups is 1. The van der Waals surface area contributed by atoms with Crippen molar-refractivity contribution in [3.05, 3.63) is 65.7 Å². The molecule has 3 amide bonds. The largest absolute Gasteiger partial charge is 0.334 e. The van der Waals surface area contributed by atoms with Gasteiger partial charge >= 0.3 is 6.03 Å². The van der Waals surface area contributed by atoms with Gasteiger partial charge in [-0.15, -0.1) is 11.8 Å². The lowest BCUT2D eigenvalue weighted by atomic mass is 10.2. The molecule has 0 bridgehead atoms. The second-order valence-corrected chi connectivity index (χ2v) is 6.41. The number of carbonyl (C=O) groups is 2. The zero-order chi connectivity index (χ0) is 17.5. The van der Waals surface area contributed by atoms with E-state index in [0.29, 0.717) is 11.4 Å². The van der Waals surface area contributed by atoms with E-state index in [1.165, 1.54) is 6.07 Å². The van der Waals surface area contributed by atoms with E-state index in [4.69, 9.17) is 0 Å². The Kier molecular flexibility index (Phi) is 6.31. The number of hydrogen-bond donors (Lipinski definition) is 2. The molecule has 0 saturated carbocycles. The molecule has 1 atom stereocenters. The van der Waals surface area contributed by atoms with Crippen LogP contribution in [0.15, 0.2) is 53.4 Å². The van der Waals surface area contributed by atoms with Crippen LogP contribution in [0.3, 0.4) is 0 Å². The minimum Gasteiger partial charge on any atom is -0.334 e. The molecular formula is C17H16F2N2O2S. The van der Waals surface area contributed by atoms with Gasteiger partial charge < -0.3 is 5.32 Å². The van der Waals surface area contributed by atoms with Crippen LogP contribution in [0.4, 0.5) is 13.6 Å². The van der Waals surface area contributed by atoms with Gasteiger partial charge in [0.1, 0.15) is 0 Å². The van der Waals surface area contributed by atoms with Crippen LogP contribution in [0, 0.1) is 11.6 Å². The molecule has 24 heavy (non-hydrogen) atoms. The van der Waals surface area contributed by atoms with E-state index in [9.17, 15) is 18.4 Å². The highest BCUT2D eigenvalue weighted by atomic mass is 32.2. The Hall–Kier alpha value is -2.41. The molecule has 2 aromatic carbocycles. The molecule has 0 radical (unpaired) electrons. The standard InChI is InChI=1S/C17H16F2N2O2S/c1-11(24-13-7-8-14(18)15(19)9-13)16(22)21-17(23)20-10-12-5-3-2-4-6-12/h2-9,11H,10H2,1H3,(H2,20,21,22,23)/t11-/m1/s1. The van der Waals surface area contributed by atoms with Crippen LogP contribution in [-0.2, 0) is 11.3 Å². The minimum atomic E-state index is -0.979. The summed E-state index contributed by atoms with van der Waals surface area (Å²) in [4.78, 5) is 24.1. The van der Waals surface area contributed by atoms with Crippen LogP contribution in [0.5, 0.6) is 0 Å². The number of amides is 3. The molecule has 7 heteroatoms. The van der Waals surface area contributed by atoms with Crippen molar-refractivity contribution in [3.8, 4) is 0 Å². The van der Waals surface area contributed by atoms with E-state index >= 15 is 0 Å². The summed E-state index contributed by atoms with van der Waals surface area (Å²) in [5.74, 6) is -2.44. The predicted molar refractivity (Wildman–Crippen MR) is 88.5 cm³/mol. The van der Waals surface area contributed by atoms with Crippen LogP contribution in [0.2, 0.25) is 0 Å². The minimum absolute atomic E-state index is 0.296. The van der Waals surface area contributed by atoms with Crippen LogP contribution < -0.4 is 10.6 Å². The third-order valence-electron chi connectivity index (χ3n) is 3.11. The average Bonchev–Trinajstić information content (AvgIpc) is 2.57. The molecule has 0 spiro atoms. The Labute approximate surface area is 142 Å². The molecule has 0 unspecified atom stereocenters. The Morgan fingerprint density at radius 1 is 1.08 bits per heavy atom. The molecule has 0 aliphatic heterocycles. The van der Waals surface area contributed by atoms with E-state index in [0.717, 1.165) is 29.5 Å². The first-order valence-corrected chi connectivity index (χ1v) is 8.08. The second-order valence-electron chi connectivity index (χ2n) is 4.99. The lowest BCUT2D eigenvalue weighted by molar-refractivity contribution is -0.119. The van der Waals surface area contributed by atoms with Crippen molar-refractivity contribution < 1.29 is 18.4 Å². The number of carbonyl (C=O) groups excluding carboxylic acids is 2. The van der Waals surface area contributed by atoms with E-state index < -0.39 is 28.8 Å². The predicted octanol–water partition coefficient (Wildman–Crippen LogP) is 3.47. The first-order valence-electron chi connectivity index (χ1n) is 7.20. The molecule has 0 aliphatic carbocycles. The summed E-state index contributed by atoms with van der Waals surface area (Å²) in [7, 11) is 0. The van der Waals surface area contributed by atoms with Crippen LogP contribution >= 0.6 is 11.8 Å². The quantitative estimate of drug-likeness (QED) is 0.812. The highest BCUT2D eigenvalue weighted by Crippen LogP contribution is 2.24. The third-order valence-corrected chi connectivity index (χ3v) is 4.20. The average molecular weight is 350 g/mol. The van der Waals surface area contributed by atoms with Gasteiger partial charge in [-0.05, 0) is 30.7 Å². The van der Waals surface area contributed by atoms with Crippen LogP contribution in [0.1, 0.15) is 12.5 Å². The molecule has 0 fully saturated rings. The Morgan fingerprint density at radius 3 is 2.46 bits per heavy atom. The SMILES string of the molecule is C[C@@H](Sc1ccc(F)c(F)c1)C(=O)NC(=O)NCc1ccccc1. The number of nitrogens with one attached hydrogen (secondary N) is 2. The first kappa shape index (κ1) is 17.9. The topological polar surface area (TPSA) is 58.2 Å². The molecule has 2 rings (SSSR count). The number of halogens is 2. The summed E-state index contributed by atoms with van der Waals surface area (Å²) in [6, 6.07) is 12.0. The molecule has 0 aliphatic rings. The van der Waals surface area contributed by atoms with E-state index in [1.54, 1.807) is 6.92 Å². The van der Waals surface area contributed by atoms with Gasteiger partial charge in [-0.1, -0.05) is 30.3 Å². The fourth-order valence-electron chi connectivity index (χ4n) is 1.84. The highest BCUT2D eigenvalue weighted by molar-refractivity contribution is 8.00. The monoisotopic (exact) mass is 350 g/mol. The summed E-state index contributed by atoms with van der Waals surface area (Å²) >= 11 is 1.03. The lowest BCUT2D eigenvalue weighted by Crippen LogP contribution is -2.42. The number of thioether (sulfide) groups is 1. The summed E-state index contributed by atoms with van der Waals surface area (Å²) in [5, 5.41) is 4.15. The molecule has 4 nitrogen and oxygen atoms in total. The van der Waals surface area contributed by atoms with Gasteiger partial charge in [0, 0.05) is 11.4 Å². The second kappa shape index (κ2) is 8.44. The Morgan fingerprint density at radius 2 is 1.79 bits per heavy atom. The number of hydrogen-bond acceptors (Lipinski definition) is 3. The molecule has 2 aromatic rings. The van der Waals surface area contributed by atoms with Gasteiger partial charge in [0.25, 0.3) is 0 Å². The van der Waals surface area contributed by atoms with Crippen LogP contribution in [0.25, 0.3) is 0 Å². The maximum atomic E-state index is 13.1. The maximum Gasteiger partial charge on any atom is 0.321 e. The smallest absolute Gasteiger partial charge is 0.321 e. The van der Waals surface area contributed by atoms with Gasteiger partial charge in [-0.25, -0.2) is 13.6 Å². The Balaban J connectivity index is 1.82. The van der Waals surface area contributed by atoms with Crippen molar-refractivity contribution in [1.82, 2.24) is 10.6 Å². The van der Waals surface area contributed by atoms with Crippen molar-refractivity contribution in [2.45, 2.75) is 23.6 Å². The molecule has 0 saturated heterocycles. The van der Waals surface area contributed by atoms with Gasteiger partial charge in [0.15, 0.2) is 11.6 Å². The molecule has 0 heterocycles.